The highest BCUT2D eigenvalue weighted by atomic mass is 32.1. The number of amides is 2. The van der Waals surface area contributed by atoms with Crippen LogP contribution < -0.4 is 10.2 Å². The first-order valence-corrected chi connectivity index (χ1v) is 7.80. The third-order valence-electron chi connectivity index (χ3n) is 3.61. The second-order valence-electron chi connectivity index (χ2n) is 4.96. The second-order valence-corrected chi connectivity index (χ2v) is 6.00. The van der Waals surface area contributed by atoms with Gasteiger partial charge in [-0.2, -0.15) is 0 Å². The molecule has 108 valence electrons. The molecule has 21 heavy (non-hydrogen) atoms. The van der Waals surface area contributed by atoms with Crippen LogP contribution in [0.25, 0.3) is 0 Å². The first-order chi connectivity index (χ1) is 10.3. The molecule has 3 rings (SSSR count). The van der Waals surface area contributed by atoms with Gasteiger partial charge >= 0.3 is 0 Å². The molecule has 1 fully saturated rings. The van der Waals surface area contributed by atoms with Crippen molar-refractivity contribution in [2.75, 3.05) is 11.4 Å². The van der Waals surface area contributed by atoms with E-state index in [2.05, 4.69) is 5.32 Å². The van der Waals surface area contributed by atoms with E-state index in [0.717, 1.165) is 10.6 Å². The normalized spacial score (nSPS) is 18.0. The van der Waals surface area contributed by atoms with E-state index in [4.69, 9.17) is 0 Å². The van der Waals surface area contributed by atoms with E-state index in [9.17, 15) is 9.59 Å². The van der Waals surface area contributed by atoms with Crippen LogP contribution in [0.15, 0.2) is 47.8 Å². The predicted molar refractivity (Wildman–Crippen MR) is 83.1 cm³/mol. The lowest BCUT2D eigenvalue weighted by molar-refractivity contribution is -0.132. The molecular weight excluding hydrogens is 284 g/mol. The Hall–Kier alpha value is -2.14. The molecule has 1 unspecified atom stereocenters. The fourth-order valence-electron chi connectivity index (χ4n) is 2.50. The molecule has 1 aliphatic rings. The van der Waals surface area contributed by atoms with Crippen molar-refractivity contribution in [2.45, 2.75) is 13.0 Å². The third kappa shape index (κ3) is 2.97. The molecule has 5 heteroatoms. The summed E-state index contributed by atoms with van der Waals surface area (Å²) >= 11 is 1.60. The van der Waals surface area contributed by atoms with Gasteiger partial charge in [-0.1, -0.05) is 24.3 Å². The van der Waals surface area contributed by atoms with Crippen molar-refractivity contribution in [1.29, 1.82) is 0 Å². The van der Waals surface area contributed by atoms with E-state index >= 15 is 0 Å². The van der Waals surface area contributed by atoms with Gasteiger partial charge in [0, 0.05) is 17.1 Å². The van der Waals surface area contributed by atoms with Crippen molar-refractivity contribution in [3.05, 3.63) is 52.7 Å². The van der Waals surface area contributed by atoms with Gasteiger partial charge in [-0.3, -0.25) is 9.59 Å². The van der Waals surface area contributed by atoms with Crippen LogP contribution in [0.4, 0.5) is 5.69 Å². The maximum Gasteiger partial charge on any atom is 0.239 e. The highest BCUT2D eigenvalue weighted by molar-refractivity contribution is 7.09. The molecule has 1 atom stereocenters. The van der Waals surface area contributed by atoms with Crippen LogP contribution in [0.1, 0.15) is 11.3 Å². The molecule has 0 aliphatic carbocycles. The summed E-state index contributed by atoms with van der Waals surface area (Å²) in [6.45, 7) is 1.09. The van der Waals surface area contributed by atoms with Crippen LogP contribution in [-0.2, 0) is 16.1 Å². The van der Waals surface area contributed by atoms with Crippen molar-refractivity contribution in [1.82, 2.24) is 5.32 Å². The lowest BCUT2D eigenvalue weighted by Crippen LogP contribution is -2.36. The minimum absolute atomic E-state index is 0.107. The summed E-state index contributed by atoms with van der Waals surface area (Å²) in [7, 11) is 0. The third-order valence-corrected chi connectivity index (χ3v) is 4.48. The Kier molecular flexibility index (Phi) is 4.01. The smallest absolute Gasteiger partial charge is 0.239 e. The summed E-state index contributed by atoms with van der Waals surface area (Å²) in [5.74, 6) is -0.845. The van der Waals surface area contributed by atoms with Gasteiger partial charge in [0.25, 0.3) is 0 Å². The molecule has 1 aromatic carbocycles. The molecule has 1 aromatic heterocycles. The lowest BCUT2D eigenvalue weighted by Gasteiger charge is -2.16. The summed E-state index contributed by atoms with van der Waals surface area (Å²) in [5, 5.41) is 4.82. The first-order valence-electron chi connectivity index (χ1n) is 6.92. The summed E-state index contributed by atoms with van der Waals surface area (Å²) in [6, 6.07) is 13.4. The van der Waals surface area contributed by atoms with Gasteiger partial charge in [-0.25, -0.2) is 0 Å². The van der Waals surface area contributed by atoms with Crippen LogP contribution in [0, 0.1) is 5.92 Å². The topological polar surface area (TPSA) is 49.4 Å². The van der Waals surface area contributed by atoms with Crippen LogP contribution in [0.5, 0.6) is 0 Å². The Morgan fingerprint density at radius 2 is 2.05 bits per heavy atom. The summed E-state index contributed by atoms with van der Waals surface area (Å²) < 4.78 is 0. The largest absolute Gasteiger partial charge is 0.351 e. The molecule has 1 aliphatic heterocycles. The van der Waals surface area contributed by atoms with Crippen LogP contribution in [-0.4, -0.2) is 18.4 Å². The number of nitrogens with zero attached hydrogens (tertiary/aromatic N) is 1. The van der Waals surface area contributed by atoms with E-state index in [-0.39, 0.29) is 11.8 Å². The number of carbonyl (C=O) groups is 2. The summed E-state index contributed by atoms with van der Waals surface area (Å²) in [4.78, 5) is 27.3. The van der Waals surface area contributed by atoms with Crippen molar-refractivity contribution >= 4 is 28.8 Å². The Bertz CT molecular complexity index is 625. The molecule has 2 aromatic rings. The van der Waals surface area contributed by atoms with Crippen molar-refractivity contribution in [2.24, 2.45) is 5.92 Å². The fraction of sp³-hybridized carbons (Fsp3) is 0.250. The van der Waals surface area contributed by atoms with E-state index in [1.54, 1.807) is 16.2 Å². The number of carbonyl (C=O) groups excluding carboxylic acids is 2. The molecule has 2 heterocycles. The highest BCUT2D eigenvalue weighted by Gasteiger charge is 2.37. The minimum atomic E-state index is -0.565. The molecule has 0 spiro atoms. The standard InChI is InChI=1S/C16H16N2O2S/c19-15(17-11-13-7-4-10-21-13)14-8-9-18(16(14)20)12-5-2-1-3-6-12/h1-7,10,14H,8-9,11H2,(H,17,19). The van der Waals surface area contributed by atoms with Gasteiger partial charge in [0.05, 0.1) is 6.54 Å². The van der Waals surface area contributed by atoms with Crippen molar-refractivity contribution in [3.63, 3.8) is 0 Å². The number of hydrogen-bond acceptors (Lipinski definition) is 3. The van der Waals surface area contributed by atoms with Crippen molar-refractivity contribution in [3.8, 4) is 0 Å². The molecule has 0 bridgehead atoms. The zero-order valence-corrected chi connectivity index (χ0v) is 12.3. The number of para-hydroxylation sites is 1. The van der Waals surface area contributed by atoms with E-state index in [0.29, 0.717) is 19.5 Å². The van der Waals surface area contributed by atoms with E-state index < -0.39 is 5.92 Å². The van der Waals surface area contributed by atoms with E-state index in [1.807, 2.05) is 47.8 Å². The highest BCUT2D eigenvalue weighted by Crippen LogP contribution is 2.25. The average molecular weight is 300 g/mol. The first kappa shape index (κ1) is 13.8. The fourth-order valence-corrected chi connectivity index (χ4v) is 3.14. The Morgan fingerprint density at radius 3 is 2.76 bits per heavy atom. The second kappa shape index (κ2) is 6.10. The molecular formula is C16H16N2O2S. The Labute approximate surface area is 127 Å². The maximum atomic E-state index is 12.4. The van der Waals surface area contributed by atoms with Gasteiger partial charge in [-0.05, 0) is 30.0 Å². The number of rotatable bonds is 4. The number of hydrogen-bond donors (Lipinski definition) is 1. The van der Waals surface area contributed by atoms with Crippen molar-refractivity contribution < 1.29 is 9.59 Å². The summed E-state index contributed by atoms with van der Waals surface area (Å²) in [5.41, 5.74) is 0.857. The van der Waals surface area contributed by atoms with Crippen LogP contribution in [0.3, 0.4) is 0 Å². The molecule has 1 saturated heterocycles. The zero-order valence-electron chi connectivity index (χ0n) is 11.5. The van der Waals surface area contributed by atoms with Gasteiger partial charge in [0.1, 0.15) is 5.92 Å². The van der Waals surface area contributed by atoms with Gasteiger partial charge in [-0.15, -0.1) is 11.3 Å². The van der Waals surface area contributed by atoms with Gasteiger partial charge in [0.15, 0.2) is 0 Å². The van der Waals surface area contributed by atoms with Crippen LogP contribution in [0.2, 0.25) is 0 Å². The molecule has 0 radical (unpaired) electrons. The number of thiophene rings is 1. The monoisotopic (exact) mass is 300 g/mol. The lowest BCUT2D eigenvalue weighted by atomic mass is 10.1. The zero-order chi connectivity index (χ0) is 14.7. The predicted octanol–water partition coefficient (Wildman–Crippen LogP) is 2.42. The molecule has 0 saturated carbocycles. The van der Waals surface area contributed by atoms with Gasteiger partial charge < -0.3 is 10.2 Å². The number of nitrogens with one attached hydrogen (secondary N) is 1. The molecule has 1 N–H and O–H groups in total. The SMILES string of the molecule is O=C(NCc1cccs1)C1CCN(c2ccccc2)C1=O. The van der Waals surface area contributed by atoms with E-state index in [1.165, 1.54) is 0 Å². The Morgan fingerprint density at radius 1 is 1.24 bits per heavy atom. The summed E-state index contributed by atoms with van der Waals surface area (Å²) in [6.07, 6.45) is 0.573. The number of benzene rings is 1. The average Bonchev–Trinajstić information content (AvgIpc) is 3.15. The van der Waals surface area contributed by atoms with Gasteiger partial charge in [0.2, 0.25) is 11.8 Å². The molecule has 4 nitrogen and oxygen atoms in total. The number of anilines is 1. The van der Waals surface area contributed by atoms with Crippen LogP contribution >= 0.6 is 11.3 Å². The quantitative estimate of drug-likeness (QED) is 0.882. The maximum absolute atomic E-state index is 12.4. The minimum Gasteiger partial charge on any atom is -0.351 e. The molecule has 2 amide bonds. The Balaban J connectivity index is 1.62.